The first-order valence-corrected chi connectivity index (χ1v) is 10.2. The van der Waals surface area contributed by atoms with Crippen LogP contribution in [-0.4, -0.2) is 25.1 Å². The van der Waals surface area contributed by atoms with Crippen LogP contribution in [-0.2, 0) is 4.79 Å². The van der Waals surface area contributed by atoms with Gasteiger partial charge in [-0.3, -0.25) is 4.79 Å². The van der Waals surface area contributed by atoms with Crippen LogP contribution in [0.2, 0.25) is 0 Å². The number of hydrogen-bond donors (Lipinski definition) is 1. The van der Waals surface area contributed by atoms with Gasteiger partial charge in [0, 0.05) is 16.9 Å². The van der Waals surface area contributed by atoms with Crippen LogP contribution in [0.15, 0.2) is 35.7 Å². The lowest BCUT2D eigenvalue weighted by molar-refractivity contribution is -0.120. The van der Waals surface area contributed by atoms with Gasteiger partial charge in [-0.2, -0.15) is 0 Å². The highest BCUT2D eigenvalue weighted by atomic mass is 32.1. The van der Waals surface area contributed by atoms with Gasteiger partial charge in [-0.25, -0.2) is 4.98 Å². The highest BCUT2D eigenvalue weighted by Gasteiger charge is 2.64. The van der Waals surface area contributed by atoms with E-state index in [2.05, 4.69) is 22.5 Å². The molecule has 6 heteroatoms. The number of nitrogens with zero attached hydrogens (tertiary/aromatic N) is 1. The van der Waals surface area contributed by atoms with Crippen molar-refractivity contribution < 1.29 is 14.3 Å². The second-order valence-electron chi connectivity index (χ2n) is 7.69. The van der Waals surface area contributed by atoms with Crippen LogP contribution in [0.1, 0.15) is 19.3 Å². The Kier molecular flexibility index (Phi) is 3.79. The molecule has 2 aromatic rings. The van der Waals surface area contributed by atoms with Gasteiger partial charge in [0.05, 0.1) is 19.9 Å². The Bertz CT molecular complexity index is 931. The fraction of sp³-hybridized carbons (Fsp3) is 0.429. The van der Waals surface area contributed by atoms with E-state index in [1.165, 1.54) is 24.2 Å². The lowest BCUT2D eigenvalue weighted by atomic mass is 9.88. The zero-order chi connectivity index (χ0) is 18.6. The van der Waals surface area contributed by atoms with Crippen molar-refractivity contribution in [1.82, 2.24) is 4.98 Å². The molecule has 3 unspecified atom stereocenters. The van der Waals surface area contributed by atoms with Crippen molar-refractivity contribution in [2.75, 3.05) is 19.5 Å². The molecular formula is C21H22N2O3S. The summed E-state index contributed by atoms with van der Waals surface area (Å²) in [5.74, 6) is 2.59. The maximum absolute atomic E-state index is 12.8. The minimum Gasteiger partial charge on any atom is -0.493 e. The minimum absolute atomic E-state index is 0.0935. The molecule has 1 aromatic carbocycles. The summed E-state index contributed by atoms with van der Waals surface area (Å²) in [5.41, 5.74) is 2.18. The molecule has 1 heterocycles. The molecule has 1 N–H and O–H groups in total. The SMILES string of the molecule is COc1ccc(-c2csc(NC(=O)C3CC4C=CC3C43CC3)n2)cc1OC. The summed E-state index contributed by atoms with van der Waals surface area (Å²) in [7, 11) is 3.23. The fourth-order valence-corrected chi connectivity index (χ4v) is 5.65. The number of rotatable bonds is 5. The van der Waals surface area contributed by atoms with Crippen LogP contribution in [0, 0.1) is 23.2 Å². The van der Waals surface area contributed by atoms with E-state index in [0.29, 0.717) is 33.9 Å². The zero-order valence-corrected chi connectivity index (χ0v) is 16.2. The third-order valence-corrected chi connectivity index (χ3v) is 7.23. The Morgan fingerprint density at radius 3 is 2.74 bits per heavy atom. The Labute approximate surface area is 162 Å². The molecule has 1 amide bonds. The van der Waals surface area contributed by atoms with E-state index >= 15 is 0 Å². The number of hydrogen-bond acceptors (Lipinski definition) is 5. The van der Waals surface area contributed by atoms with Crippen LogP contribution in [0.3, 0.4) is 0 Å². The van der Waals surface area contributed by atoms with Gasteiger partial charge in [-0.05, 0) is 54.7 Å². The molecule has 1 spiro atoms. The summed E-state index contributed by atoms with van der Waals surface area (Å²) >= 11 is 1.46. The molecule has 140 valence electrons. The average molecular weight is 382 g/mol. The third-order valence-electron chi connectivity index (χ3n) is 6.47. The second-order valence-corrected chi connectivity index (χ2v) is 8.55. The van der Waals surface area contributed by atoms with E-state index in [0.717, 1.165) is 17.7 Å². The van der Waals surface area contributed by atoms with Gasteiger partial charge < -0.3 is 14.8 Å². The van der Waals surface area contributed by atoms with Gasteiger partial charge >= 0.3 is 0 Å². The van der Waals surface area contributed by atoms with Gasteiger partial charge in [-0.1, -0.05) is 12.2 Å². The van der Waals surface area contributed by atoms with Gasteiger partial charge in [0.25, 0.3) is 0 Å². The van der Waals surface area contributed by atoms with Crippen molar-refractivity contribution >= 4 is 22.4 Å². The molecule has 3 aliphatic rings. The molecule has 0 radical (unpaired) electrons. The number of ether oxygens (including phenoxy) is 2. The monoisotopic (exact) mass is 382 g/mol. The van der Waals surface area contributed by atoms with Crippen molar-refractivity contribution in [2.45, 2.75) is 19.3 Å². The first-order chi connectivity index (χ1) is 13.1. The predicted molar refractivity (Wildman–Crippen MR) is 105 cm³/mol. The molecule has 3 aliphatic carbocycles. The Balaban J connectivity index is 1.31. The van der Waals surface area contributed by atoms with Gasteiger partial charge in [0.15, 0.2) is 16.6 Å². The molecule has 5 nitrogen and oxygen atoms in total. The van der Waals surface area contributed by atoms with E-state index in [4.69, 9.17) is 9.47 Å². The van der Waals surface area contributed by atoms with Gasteiger partial charge in [-0.15, -0.1) is 11.3 Å². The van der Waals surface area contributed by atoms with Crippen molar-refractivity contribution in [2.24, 2.45) is 23.2 Å². The van der Waals surface area contributed by atoms with E-state index in [1.807, 2.05) is 23.6 Å². The Morgan fingerprint density at radius 2 is 2.04 bits per heavy atom. The van der Waals surface area contributed by atoms with Crippen LogP contribution < -0.4 is 14.8 Å². The lowest BCUT2D eigenvalue weighted by Gasteiger charge is -2.18. The summed E-state index contributed by atoms with van der Waals surface area (Å²) < 4.78 is 10.6. The zero-order valence-electron chi connectivity index (χ0n) is 15.4. The van der Waals surface area contributed by atoms with E-state index in [1.54, 1.807) is 14.2 Å². The number of anilines is 1. The van der Waals surface area contributed by atoms with Crippen LogP contribution >= 0.6 is 11.3 Å². The summed E-state index contributed by atoms with van der Waals surface area (Å²) in [6.45, 7) is 0. The molecule has 0 saturated heterocycles. The average Bonchev–Trinajstić information content (AvgIpc) is 3.12. The molecule has 27 heavy (non-hydrogen) atoms. The largest absolute Gasteiger partial charge is 0.493 e. The van der Waals surface area contributed by atoms with E-state index in [9.17, 15) is 4.79 Å². The number of amides is 1. The topological polar surface area (TPSA) is 60.5 Å². The summed E-state index contributed by atoms with van der Waals surface area (Å²) in [6.07, 6.45) is 8.16. The molecule has 0 aliphatic heterocycles. The van der Waals surface area contributed by atoms with Crippen LogP contribution in [0.4, 0.5) is 5.13 Å². The van der Waals surface area contributed by atoms with Crippen molar-refractivity contribution in [3.8, 4) is 22.8 Å². The van der Waals surface area contributed by atoms with Crippen molar-refractivity contribution in [1.29, 1.82) is 0 Å². The number of benzene rings is 1. The van der Waals surface area contributed by atoms with Gasteiger partial charge in [0.1, 0.15) is 0 Å². The fourth-order valence-electron chi connectivity index (χ4n) is 4.93. The summed E-state index contributed by atoms with van der Waals surface area (Å²) in [5, 5.41) is 5.67. The van der Waals surface area contributed by atoms with Gasteiger partial charge in [0.2, 0.25) is 5.91 Å². The number of methoxy groups -OCH3 is 2. The lowest BCUT2D eigenvalue weighted by Crippen LogP contribution is -2.27. The van der Waals surface area contributed by atoms with E-state index in [-0.39, 0.29) is 11.8 Å². The maximum atomic E-state index is 12.8. The second kappa shape index (κ2) is 6.09. The number of carbonyl (C=O) groups excluding carboxylic acids is 1. The summed E-state index contributed by atoms with van der Waals surface area (Å²) in [6, 6.07) is 5.71. The Hall–Kier alpha value is -2.34. The molecule has 5 rings (SSSR count). The number of carbonyl (C=O) groups is 1. The highest BCUT2D eigenvalue weighted by Crippen LogP contribution is 2.70. The standard InChI is InChI=1S/C21H22N2O3S/c1-25-17-6-3-12(9-18(17)26-2)16-11-27-20(22-16)23-19(24)14-10-13-4-5-15(14)21(13)7-8-21/h3-6,9,11,13-15H,7-8,10H2,1-2H3,(H,22,23,24). The number of thiazole rings is 1. The first-order valence-electron chi connectivity index (χ1n) is 9.32. The first kappa shape index (κ1) is 16.8. The normalized spacial score (nSPS) is 26.4. The third kappa shape index (κ3) is 2.57. The smallest absolute Gasteiger partial charge is 0.229 e. The van der Waals surface area contributed by atoms with Crippen LogP contribution in [0.25, 0.3) is 11.3 Å². The van der Waals surface area contributed by atoms with E-state index < -0.39 is 0 Å². The highest BCUT2D eigenvalue weighted by molar-refractivity contribution is 7.14. The molecule has 2 saturated carbocycles. The maximum Gasteiger partial charge on any atom is 0.229 e. The van der Waals surface area contributed by atoms with Crippen LogP contribution in [0.5, 0.6) is 11.5 Å². The molecule has 3 atom stereocenters. The molecule has 2 fully saturated rings. The minimum atomic E-state index is 0.0935. The number of aromatic nitrogens is 1. The Morgan fingerprint density at radius 1 is 1.22 bits per heavy atom. The quantitative estimate of drug-likeness (QED) is 0.780. The number of nitrogens with one attached hydrogen (secondary N) is 1. The molecular weight excluding hydrogens is 360 g/mol. The molecule has 2 bridgehead atoms. The number of allylic oxidation sites excluding steroid dienone is 2. The predicted octanol–water partition coefficient (Wildman–Crippen LogP) is 4.37. The van der Waals surface area contributed by atoms with Crippen molar-refractivity contribution in [3.63, 3.8) is 0 Å². The summed E-state index contributed by atoms with van der Waals surface area (Å²) in [4.78, 5) is 17.4. The molecule has 1 aromatic heterocycles. The van der Waals surface area contributed by atoms with Crippen molar-refractivity contribution in [3.05, 3.63) is 35.7 Å².